The number of amides is 2. The van der Waals surface area contributed by atoms with E-state index in [1.165, 1.54) is 0 Å². The van der Waals surface area contributed by atoms with E-state index in [9.17, 15) is 40.9 Å². The van der Waals surface area contributed by atoms with E-state index in [1.54, 1.807) is 13.8 Å². The van der Waals surface area contributed by atoms with Crippen LogP contribution in [0, 0.1) is 36.2 Å². The summed E-state index contributed by atoms with van der Waals surface area (Å²) in [6, 6.07) is -0.774. The Bertz CT molecular complexity index is 909. The molecule has 3 rings (SSSR count). The van der Waals surface area contributed by atoms with E-state index in [0.29, 0.717) is 0 Å². The summed E-state index contributed by atoms with van der Waals surface area (Å²) in [5, 5.41) is -4.96. The third kappa shape index (κ3) is 3.60. The van der Waals surface area contributed by atoms with Crippen LogP contribution in [-0.4, -0.2) is 59.0 Å². The van der Waals surface area contributed by atoms with Crippen LogP contribution in [0.5, 0.6) is 0 Å². The molecule has 0 radical (unpaired) electrons. The zero-order valence-corrected chi connectivity index (χ0v) is 24.0. The largest absolute Gasteiger partial charge is 0.746 e. The summed E-state index contributed by atoms with van der Waals surface area (Å²) < 4.78 is 68.0. The van der Waals surface area contributed by atoms with Crippen molar-refractivity contribution in [3.05, 3.63) is 6.61 Å². The zero-order valence-electron chi connectivity index (χ0n) is 16.8. The van der Waals surface area contributed by atoms with Gasteiger partial charge < -0.3 is 14.0 Å². The minimum Gasteiger partial charge on any atom is -0.746 e. The molecule has 31 heavy (non-hydrogen) atoms. The number of nitrogens with zero attached hydrogens (tertiary/aromatic N) is 1. The Morgan fingerprint density at radius 2 is 1.84 bits per heavy atom. The molecule has 14 heteroatoms. The molecule has 0 aromatic rings. The number of hydrogen-bond donors (Lipinski definition) is 0. The molecule has 6 unspecified atom stereocenters. The number of esters is 2. The average molecular weight is 718 g/mol. The summed E-state index contributed by atoms with van der Waals surface area (Å²) in [5.74, 6) is -7.60. The molecule has 2 saturated carbocycles. The van der Waals surface area contributed by atoms with Gasteiger partial charge in [-0.15, -0.1) is 0 Å². The van der Waals surface area contributed by atoms with Crippen molar-refractivity contribution in [2.24, 2.45) is 29.6 Å². The van der Waals surface area contributed by atoms with Crippen molar-refractivity contribution in [3.8, 4) is 0 Å². The number of halogens is 2. The van der Waals surface area contributed by atoms with Crippen LogP contribution in [0.2, 0.25) is 0 Å². The van der Waals surface area contributed by atoms with Crippen LogP contribution in [0.4, 0.5) is 8.78 Å². The van der Waals surface area contributed by atoms with Crippen LogP contribution in [-0.2, 0) is 38.8 Å². The van der Waals surface area contributed by atoms with Crippen LogP contribution >= 0.6 is 0 Å². The first kappa shape index (κ1) is 24.1. The van der Waals surface area contributed by atoms with Crippen LogP contribution < -0.4 is 0 Å². The van der Waals surface area contributed by atoms with Gasteiger partial charge in [0.1, 0.15) is 16.2 Å². The molecule has 3 fully saturated rings. The average Bonchev–Trinajstić information content (AvgIpc) is 3.20. The standard InChI is InChI=1S/C17H20F2NO9S.Rf/c1-6(2)15(23)29-13-9-4-8-10(14(22)20(7(3)21)12(8)13)11(9)16(24)28-5-17(18,19)30(25,26)27;/h5-6,8-13H,4H2,1-3H3,(H,25,26,27);/q-1;/p-1. The number of carbonyl (C=O) groups is 4. The molecule has 10 nitrogen and oxygen atoms in total. The fourth-order valence-corrected chi connectivity index (χ4v) is 4.85. The van der Waals surface area contributed by atoms with Gasteiger partial charge in [-0.05, 0) is 12.3 Å². The monoisotopic (exact) mass is 718 g/mol. The van der Waals surface area contributed by atoms with Gasteiger partial charge in [-0.25, -0.2) is 17.2 Å². The van der Waals surface area contributed by atoms with Gasteiger partial charge in [-0.3, -0.25) is 24.1 Å². The van der Waals surface area contributed by atoms with E-state index in [4.69, 9.17) is 4.74 Å². The molecular weight excluding hydrogens is 699 g/mol. The number of imide groups is 1. The van der Waals surface area contributed by atoms with E-state index >= 15 is 0 Å². The molecular formula is C17H19F2NO9RfS-2. The Labute approximate surface area is 170 Å². The van der Waals surface area contributed by atoms with E-state index in [-0.39, 0.29) is 6.42 Å². The number of carbonyl (C=O) groups excluding carboxylic acids is 4. The second-order valence-corrected chi connectivity index (χ2v) is 9.41. The van der Waals surface area contributed by atoms with Crippen LogP contribution in [0.25, 0.3) is 0 Å². The van der Waals surface area contributed by atoms with Crippen molar-refractivity contribution in [3.63, 3.8) is 0 Å². The zero-order chi connectivity index (χ0) is 22.8. The van der Waals surface area contributed by atoms with Crippen molar-refractivity contribution >= 4 is 33.9 Å². The van der Waals surface area contributed by atoms with Crippen molar-refractivity contribution in [2.75, 3.05) is 0 Å². The molecule has 170 valence electrons. The number of likely N-dealkylation sites (tertiary alicyclic amines) is 1. The summed E-state index contributed by atoms with van der Waals surface area (Å²) in [6.45, 7) is 3.58. The molecule has 1 aliphatic heterocycles. The molecule has 1 heterocycles. The first-order valence-corrected chi connectivity index (χ1v) is 10.5. The first-order chi connectivity index (χ1) is 13.7. The molecule has 0 spiro atoms. The SMILES string of the molecule is CC(=O)N1C(=O)C2C3CC(C(OC(=O)C(C)C)C31)C2C(=O)O[CH-]C(F)(F)S(=O)(=O)[O-].[Rf]. The van der Waals surface area contributed by atoms with Gasteiger partial charge in [0.05, 0.1) is 23.8 Å². The van der Waals surface area contributed by atoms with Crippen LogP contribution in [0.15, 0.2) is 0 Å². The van der Waals surface area contributed by atoms with Crippen molar-refractivity contribution in [1.82, 2.24) is 4.90 Å². The Morgan fingerprint density at radius 3 is 2.32 bits per heavy atom. The quantitative estimate of drug-likeness (QED) is 0.211. The minimum atomic E-state index is -6.11. The number of hydrogen-bond acceptors (Lipinski definition) is 9. The van der Waals surface area contributed by atoms with Crippen LogP contribution in [0.3, 0.4) is 0 Å². The Morgan fingerprint density at radius 1 is 1.26 bits per heavy atom. The van der Waals surface area contributed by atoms with Crippen molar-refractivity contribution < 1.29 is 50.4 Å². The molecule has 2 aliphatic carbocycles. The summed E-state index contributed by atoms with van der Waals surface area (Å²) in [5.41, 5.74) is 0. The van der Waals surface area contributed by atoms with E-state index in [1.807, 2.05) is 0 Å². The molecule has 3 aliphatic rings. The molecule has 0 aromatic carbocycles. The smallest absolute Gasteiger partial charge is 0.308 e. The fraction of sp³-hybridized carbons (Fsp3) is 0.706. The van der Waals surface area contributed by atoms with Gasteiger partial charge in [-0.1, -0.05) is 20.5 Å². The van der Waals surface area contributed by atoms with Gasteiger partial charge >= 0.3 is 5.97 Å². The predicted molar refractivity (Wildman–Crippen MR) is 89.6 cm³/mol. The Kier molecular flexibility index (Phi) is 5.85. The second-order valence-electron chi connectivity index (χ2n) is 7.96. The maximum absolute atomic E-state index is 13.3. The number of alkyl halides is 2. The molecule has 0 N–H and O–H groups in total. The fourth-order valence-electron chi connectivity index (χ4n) is 4.69. The third-order valence-electron chi connectivity index (χ3n) is 5.85. The topological polar surface area (TPSA) is 147 Å². The summed E-state index contributed by atoms with van der Waals surface area (Å²) in [7, 11) is -6.11. The van der Waals surface area contributed by atoms with Gasteiger partial charge in [0, 0.05) is 12.8 Å². The number of fused-ring (bicyclic) bond motifs is 1. The van der Waals surface area contributed by atoms with Gasteiger partial charge in [-0.2, -0.15) is 0 Å². The third-order valence-corrected chi connectivity index (χ3v) is 6.62. The Hall–Kier alpha value is -3.15. The van der Waals surface area contributed by atoms with E-state index in [0.717, 1.165) is 11.8 Å². The predicted octanol–water partition coefficient (Wildman–Crippen LogP) is 0.0366. The summed E-state index contributed by atoms with van der Waals surface area (Å²) >= 11 is 0. The molecule has 6 atom stereocenters. The first-order valence-electron chi connectivity index (χ1n) is 9.11. The number of rotatable bonds is 6. The van der Waals surface area contributed by atoms with Gasteiger partial charge in [0.15, 0.2) is 0 Å². The van der Waals surface area contributed by atoms with Crippen LogP contribution in [0.1, 0.15) is 27.2 Å². The van der Waals surface area contributed by atoms with Crippen molar-refractivity contribution in [1.29, 1.82) is 0 Å². The van der Waals surface area contributed by atoms with E-state index in [2.05, 4.69) is 4.74 Å². The normalized spacial score (nSPS) is 31.6. The maximum atomic E-state index is 13.3. The van der Waals surface area contributed by atoms with Gasteiger partial charge in [0.25, 0.3) is 11.2 Å². The summed E-state index contributed by atoms with van der Waals surface area (Å²) in [4.78, 5) is 50.3. The van der Waals surface area contributed by atoms with Crippen molar-refractivity contribution in [2.45, 2.75) is 44.6 Å². The molecule has 1 saturated heterocycles. The minimum absolute atomic E-state index is 0. The Balaban J connectivity index is 0.00000341. The summed E-state index contributed by atoms with van der Waals surface area (Å²) in [6.07, 6.45) is -0.825. The van der Waals surface area contributed by atoms with E-state index < -0.39 is 87.5 Å². The molecule has 2 bridgehead atoms. The molecule has 2 amide bonds. The maximum Gasteiger partial charge on any atom is 0.308 e. The number of ether oxygens (including phenoxy) is 2. The second kappa shape index (κ2) is 7.52. The van der Waals surface area contributed by atoms with Gasteiger partial charge in [0.2, 0.25) is 11.8 Å². The molecule has 0 aromatic heterocycles.